The van der Waals surface area contributed by atoms with Crippen LogP contribution in [0.25, 0.3) is 0 Å². The van der Waals surface area contributed by atoms with Crippen LogP contribution in [0, 0.1) is 11.8 Å². The van der Waals surface area contributed by atoms with Gasteiger partial charge in [0.05, 0.1) is 16.6 Å². The third-order valence-corrected chi connectivity index (χ3v) is 9.81. The predicted octanol–water partition coefficient (Wildman–Crippen LogP) is 2.84. The van der Waals surface area contributed by atoms with Crippen molar-refractivity contribution in [3.8, 4) is 0 Å². The van der Waals surface area contributed by atoms with Gasteiger partial charge in [0.1, 0.15) is 6.04 Å². The number of thioether (sulfide) groups is 1. The monoisotopic (exact) mass is 503 g/mol. The summed E-state index contributed by atoms with van der Waals surface area (Å²) in [5.74, 6) is -0.968. The molecule has 2 fully saturated rings. The smallest absolute Gasteiger partial charge is 0.247 e. The molecule has 0 radical (unpaired) electrons. The lowest BCUT2D eigenvalue weighted by Gasteiger charge is -2.37. The number of likely N-dealkylation sites (tertiary alicyclic amines) is 1. The first-order chi connectivity index (χ1) is 16.9. The van der Waals surface area contributed by atoms with Crippen LogP contribution in [0.5, 0.6) is 0 Å². The van der Waals surface area contributed by atoms with Gasteiger partial charge in [-0.25, -0.2) is 0 Å². The van der Waals surface area contributed by atoms with E-state index in [1.807, 2.05) is 9.80 Å². The van der Waals surface area contributed by atoms with Gasteiger partial charge in [0, 0.05) is 44.1 Å². The number of aliphatic hydroxyl groups is 1. The van der Waals surface area contributed by atoms with Crippen LogP contribution in [0.2, 0.25) is 0 Å². The van der Waals surface area contributed by atoms with Crippen molar-refractivity contribution >= 4 is 29.5 Å². The van der Waals surface area contributed by atoms with Gasteiger partial charge >= 0.3 is 0 Å². The Bertz CT molecular complexity index is 876. The minimum atomic E-state index is -0.726. The predicted molar refractivity (Wildman–Crippen MR) is 139 cm³/mol. The average Bonchev–Trinajstić information content (AvgIpc) is 3.14. The Hall–Kier alpha value is -1.80. The van der Waals surface area contributed by atoms with Gasteiger partial charge in [-0.15, -0.1) is 11.8 Å². The molecule has 0 aromatic heterocycles. The summed E-state index contributed by atoms with van der Waals surface area (Å²) in [6.45, 7) is 8.69. The molecule has 4 aliphatic rings. The second kappa shape index (κ2) is 11.1. The number of fused-ring (bicyclic) bond motifs is 2. The van der Waals surface area contributed by atoms with E-state index in [-0.39, 0.29) is 35.6 Å². The number of amides is 3. The fourth-order valence-corrected chi connectivity index (χ4v) is 8.47. The molecule has 4 aliphatic heterocycles. The van der Waals surface area contributed by atoms with E-state index >= 15 is 0 Å². The molecule has 3 amide bonds. The van der Waals surface area contributed by atoms with Crippen molar-refractivity contribution in [2.24, 2.45) is 11.8 Å². The normalized spacial score (nSPS) is 33.0. The van der Waals surface area contributed by atoms with E-state index in [0.29, 0.717) is 32.6 Å². The Morgan fingerprint density at radius 3 is 2.54 bits per heavy atom. The van der Waals surface area contributed by atoms with E-state index in [2.05, 4.69) is 45.1 Å². The van der Waals surface area contributed by atoms with Crippen molar-refractivity contribution in [3.63, 3.8) is 0 Å². The molecule has 2 saturated heterocycles. The molecule has 6 atom stereocenters. The van der Waals surface area contributed by atoms with Gasteiger partial charge in [0.25, 0.3) is 0 Å². The largest absolute Gasteiger partial charge is 0.396 e. The molecule has 8 heteroatoms. The zero-order chi connectivity index (χ0) is 25.2. The molecule has 35 heavy (non-hydrogen) atoms. The Kier molecular flexibility index (Phi) is 8.31. The molecule has 0 aromatic carbocycles. The Morgan fingerprint density at radius 2 is 1.83 bits per heavy atom. The molecule has 0 saturated carbocycles. The summed E-state index contributed by atoms with van der Waals surface area (Å²) in [7, 11) is 0. The van der Waals surface area contributed by atoms with Crippen LogP contribution in [0.4, 0.5) is 0 Å². The number of carbonyl (C=O) groups excluding carboxylic acids is 3. The molecule has 0 bridgehead atoms. The molecule has 4 rings (SSSR count). The summed E-state index contributed by atoms with van der Waals surface area (Å²) in [4.78, 5) is 47.7. The van der Waals surface area contributed by atoms with Crippen molar-refractivity contribution in [1.82, 2.24) is 14.7 Å². The highest BCUT2D eigenvalue weighted by atomic mass is 32.2. The standard InChI is InChI=1S/C27H41N3O4S/c1-4-11-19(3)29-17-10-13-27-22(21-20(35-27)12-9-15-28(14-5-2)24(21)32)25(33)30(23(27)26(29)34)16-7-6-8-18-31/h9-10,12-13,19-23,31H,4-8,11,14-18H2,1-3H3/t19?,20-,21+,22-,23?,27-/m0/s1. The summed E-state index contributed by atoms with van der Waals surface area (Å²) >= 11 is 1.66. The summed E-state index contributed by atoms with van der Waals surface area (Å²) in [6, 6.07) is -0.499. The third kappa shape index (κ3) is 4.57. The SMILES string of the molecule is CCCC(C)N1CC=C[C@]23S[C@H]4C=CCN(CCC)C(=O)[C@H]4[C@H]2C(=O)N(CCCCCO)C3C1=O. The molecule has 194 valence electrons. The van der Waals surface area contributed by atoms with Crippen LogP contribution in [-0.4, -0.2) is 92.4 Å². The number of carbonyl (C=O) groups is 3. The van der Waals surface area contributed by atoms with E-state index in [9.17, 15) is 19.5 Å². The molecule has 1 N–H and O–H groups in total. The number of unbranched alkanes of at least 4 members (excludes halogenated alkanes) is 2. The molecule has 1 spiro atoms. The molecular weight excluding hydrogens is 462 g/mol. The van der Waals surface area contributed by atoms with Crippen LogP contribution >= 0.6 is 11.8 Å². The van der Waals surface area contributed by atoms with Crippen LogP contribution in [-0.2, 0) is 14.4 Å². The molecule has 7 nitrogen and oxygen atoms in total. The number of hydrogen-bond acceptors (Lipinski definition) is 5. The lowest BCUT2D eigenvalue weighted by Crippen LogP contribution is -2.55. The first kappa shape index (κ1) is 26.3. The molecule has 2 unspecified atom stereocenters. The van der Waals surface area contributed by atoms with E-state index in [0.717, 1.165) is 32.1 Å². The van der Waals surface area contributed by atoms with Gasteiger partial charge in [0.15, 0.2) is 0 Å². The van der Waals surface area contributed by atoms with Gasteiger partial charge in [-0.05, 0) is 39.0 Å². The van der Waals surface area contributed by atoms with E-state index < -0.39 is 22.6 Å². The Labute approximate surface area is 214 Å². The molecular formula is C27H41N3O4S. The number of hydrogen-bond donors (Lipinski definition) is 1. The van der Waals surface area contributed by atoms with Crippen LogP contribution in [0.3, 0.4) is 0 Å². The summed E-state index contributed by atoms with van der Waals surface area (Å²) in [5, 5.41) is 9.10. The Morgan fingerprint density at radius 1 is 1.03 bits per heavy atom. The van der Waals surface area contributed by atoms with Gasteiger partial charge < -0.3 is 19.8 Å². The Balaban J connectivity index is 1.73. The number of rotatable bonds is 10. The lowest BCUT2D eigenvalue weighted by atomic mass is 9.78. The first-order valence-corrected chi connectivity index (χ1v) is 14.3. The lowest BCUT2D eigenvalue weighted by molar-refractivity contribution is -0.145. The van der Waals surface area contributed by atoms with Crippen molar-refractivity contribution in [3.05, 3.63) is 24.3 Å². The second-order valence-electron chi connectivity index (χ2n) is 10.4. The van der Waals surface area contributed by atoms with Crippen LogP contribution in [0.1, 0.15) is 59.3 Å². The minimum Gasteiger partial charge on any atom is -0.396 e. The maximum absolute atomic E-state index is 14.2. The first-order valence-electron chi connectivity index (χ1n) is 13.4. The quantitative estimate of drug-likeness (QED) is 0.366. The highest BCUT2D eigenvalue weighted by Gasteiger charge is 2.70. The summed E-state index contributed by atoms with van der Waals surface area (Å²) in [5.41, 5.74) is 0. The highest BCUT2D eigenvalue weighted by Crippen LogP contribution is 2.61. The van der Waals surface area contributed by atoms with E-state index in [1.54, 1.807) is 16.7 Å². The van der Waals surface area contributed by atoms with Gasteiger partial charge in [-0.2, -0.15) is 0 Å². The molecule has 0 aromatic rings. The zero-order valence-electron chi connectivity index (χ0n) is 21.4. The fraction of sp³-hybridized carbons (Fsp3) is 0.741. The number of nitrogens with zero attached hydrogens (tertiary/aromatic N) is 3. The molecule has 0 aliphatic carbocycles. The third-order valence-electron chi connectivity index (χ3n) is 8.06. The zero-order valence-corrected chi connectivity index (χ0v) is 22.2. The van der Waals surface area contributed by atoms with Crippen molar-refractivity contribution in [2.75, 3.05) is 32.8 Å². The van der Waals surface area contributed by atoms with Crippen LogP contribution in [0.15, 0.2) is 24.3 Å². The van der Waals surface area contributed by atoms with Crippen molar-refractivity contribution in [1.29, 1.82) is 0 Å². The van der Waals surface area contributed by atoms with Gasteiger partial charge in [0.2, 0.25) is 17.7 Å². The minimum absolute atomic E-state index is 0.0137. The molecule has 4 heterocycles. The van der Waals surface area contributed by atoms with Crippen molar-refractivity contribution in [2.45, 2.75) is 81.4 Å². The highest BCUT2D eigenvalue weighted by molar-refractivity contribution is 8.02. The number of aliphatic hydroxyl groups excluding tert-OH is 1. The van der Waals surface area contributed by atoms with Gasteiger partial charge in [-0.3, -0.25) is 14.4 Å². The topological polar surface area (TPSA) is 81.2 Å². The van der Waals surface area contributed by atoms with E-state index in [4.69, 9.17) is 0 Å². The van der Waals surface area contributed by atoms with Crippen LogP contribution < -0.4 is 0 Å². The fourth-order valence-electron chi connectivity index (χ4n) is 6.46. The summed E-state index contributed by atoms with van der Waals surface area (Å²) < 4.78 is -0.726. The maximum atomic E-state index is 14.2. The second-order valence-corrected chi connectivity index (χ2v) is 11.9. The van der Waals surface area contributed by atoms with Gasteiger partial charge in [-0.1, -0.05) is 44.6 Å². The van der Waals surface area contributed by atoms with Crippen molar-refractivity contribution < 1.29 is 19.5 Å². The average molecular weight is 504 g/mol. The van der Waals surface area contributed by atoms with E-state index in [1.165, 1.54) is 0 Å². The maximum Gasteiger partial charge on any atom is 0.247 e. The summed E-state index contributed by atoms with van der Waals surface area (Å²) in [6.07, 6.45) is 13.3.